The summed E-state index contributed by atoms with van der Waals surface area (Å²) in [5, 5.41) is 40.2. The lowest BCUT2D eigenvalue weighted by molar-refractivity contribution is -0.981. The van der Waals surface area contributed by atoms with E-state index in [4.69, 9.17) is 0 Å². The van der Waals surface area contributed by atoms with Crippen LogP contribution in [0.2, 0.25) is 0 Å². The molecule has 4 N–H and O–H groups in total. The van der Waals surface area contributed by atoms with Crippen molar-refractivity contribution in [3.63, 3.8) is 0 Å². The number of nitrogens with zero attached hydrogens (tertiary/aromatic N) is 2. The van der Waals surface area contributed by atoms with Gasteiger partial charge in [0.1, 0.15) is 39.3 Å². The van der Waals surface area contributed by atoms with Gasteiger partial charge in [-0.2, -0.15) is 0 Å². The van der Waals surface area contributed by atoms with Crippen molar-refractivity contribution in [2.45, 2.75) is 194 Å². The molecule has 0 aromatic rings. The Hall–Kier alpha value is 0.720. The number of aliphatic hydroxyl groups excluding tert-OH is 4. The van der Waals surface area contributed by atoms with Gasteiger partial charge in [-0.15, -0.1) is 0 Å². The summed E-state index contributed by atoms with van der Waals surface area (Å²) in [7, 11) is 0. The van der Waals surface area contributed by atoms with Crippen LogP contribution in [0.1, 0.15) is 194 Å². The summed E-state index contributed by atoms with van der Waals surface area (Å²) in [5.74, 6) is 0. The summed E-state index contributed by atoms with van der Waals surface area (Å²) in [6, 6.07) is 0. The van der Waals surface area contributed by atoms with E-state index in [2.05, 4.69) is 13.8 Å². The third kappa shape index (κ3) is 33.3. The molecule has 0 unspecified atom stereocenters. The van der Waals surface area contributed by atoms with Crippen LogP contribution in [-0.2, 0) is 0 Å². The van der Waals surface area contributed by atoms with Crippen LogP contribution in [0, 0.1) is 0 Å². The van der Waals surface area contributed by atoms with E-state index in [-0.39, 0.29) is 60.4 Å². The highest BCUT2D eigenvalue weighted by molar-refractivity contribution is 4.55. The van der Waals surface area contributed by atoms with E-state index in [1.54, 1.807) is 0 Å². The topological polar surface area (TPSA) is 80.9 Å². The lowest BCUT2D eigenvalue weighted by Crippen LogP contribution is -3.00. The van der Waals surface area contributed by atoms with Crippen molar-refractivity contribution in [3.8, 4) is 0 Å². The molecule has 0 radical (unpaired) electrons. The minimum atomic E-state index is 0. The molecule has 0 saturated heterocycles. The van der Waals surface area contributed by atoms with E-state index in [0.29, 0.717) is 26.2 Å². The van der Waals surface area contributed by atoms with Crippen molar-refractivity contribution in [3.05, 3.63) is 0 Å². The maximum absolute atomic E-state index is 10.0. The number of quaternary nitrogens is 2. The van der Waals surface area contributed by atoms with Gasteiger partial charge < -0.3 is 63.4 Å². The van der Waals surface area contributed by atoms with Gasteiger partial charge >= 0.3 is 0 Å². The molecule has 0 amide bonds. The number of aliphatic hydroxyl groups is 4. The molecule has 0 aliphatic carbocycles. The van der Waals surface area contributed by atoms with Gasteiger partial charge in [0, 0.05) is 0 Å². The van der Waals surface area contributed by atoms with Gasteiger partial charge in [-0.3, -0.25) is 0 Å². The Kier molecular flexibility index (Phi) is 46.8. The molecule has 306 valence electrons. The Balaban J connectivity index is -0.0000110. The first-order chi connectivity index (χ1) is 23.6. The SMILES string of the molecule is CCCCCCCCCCCCCCCC[N+](CCO)(CCO)CC[N+](CCO)(CCO)CCCCCCCCCCCCCCCC.[Br-].[Br-]. The Labute approximate surface area is 334 Å². The van der Waals surface area contributed by atoms with Crippen molar-refractivity contribution in [1.29, 1.82) is 0 Å². The Morgan fingerprint density at radius 1 is 0.240 bits per heavy atom. The lowest BCUT2D eigenvalue weighted by atomic mass is 10.0. The number of unbranched alkanes of at least 4 members (excludes halogenated alkanes) is 26. The minimum Gasteiger partial charge on any atom is -1.00 e. The largest absolute Gasteiger partial charge is 1.00 e. The van der Waals surface area contributed by atoms with Crippen LogP contribution >= 0.6 is 0 Å². The smallest absolute Gasteiger partial charge is 0.129 e. The van der Waals surface area contributed by atoms with Gasteiger partial charge in [-0.1, -0.05) is 168 Å². The second-order valence-corrected chi connectivity index (χ2v) is 15.6. The standard InChI is InChI=1S/C42H90N2O4.2BrH/c1-3-5-7-9-11-13-15-17-19-21-23-25-27-29-31-43(35-39-45,36-40-46)33-34-44(37-41-47,38-42-48)32-30-28-26-24-22-20-18-16-14-12-10-8-6-4-2;;/h45-48H,3-42H2,1-2H3;2*1H/q+2;;/p-2. The van der Waals surface area contributed by atoms with Crippen LogP contribution in [0.5, 0.6) is 0 Å². The molecule has 6 nitrogen and oxygen atoms in total. The summed E-state index contributed by atoms with van der Waals surface area (Å²) >= 11 is 0. The molecule has 0 aliphatic rings. The van der Waals surface area contributed by atoms with Crippen LogP contribution in [-0.4, -0.2) is 108 Å². The predicted molar refractivity (Wildman–Crippen MR) is 208 cm³/mol. The highest BCUT2D eigenvalue weighted by Gasteiger charge is 2.33. The molecule has 0 bridgehead atoms. The molecular weight excluding hydrogens is 756 g/mol. The van der Waals surface area contributed by atoms with Crippen molar-refractivity contribution < 1.29 is 63.4 Å². The minimum absolute atomic E-state index is 0. The van der Waals surface area contributed by atoms with Crippen molar-refractivity contribution in [2.75, 3.05) is 78.8 Å². The average molecular weight is 847 g/mol. The molecule has 0 rings (SSSR count). The van der Waals surface area contributed by atoms with Crippen LogP contribution in [0.4, 0.5) is 0 Å². The van der Waals surface area contributed by atoms with Crippen molar-refractivity contribution in [2.24, 2.45) is 0 Å². The molecule has 0 saturated carbocycles. The second-order valence-electron chi connectivity index (χ2n) is 15.6. The maximum Gasteiger partial charge on any atom is 0.129 e. The quantitative estimate of drug-likeness (QED) is 0.0562. The zero-order valence-corrected chi connectivity index (χ0v) is 36.9. The first-order valence-corrected chi connectivity index (χ1v) is 21.7. The van der Waals surface area contributed by atoms with Crippen LogP contribution < -0.4 is 34.0 Å². The van der Waals surface area contributed by atoms with Gasteiger partial charge in [-0.05, 0) is 25.7 Å². The van der Waals surface area contributed by atoms with E-state index in [9.17, 15) is 20.4 Å². The summed E-state index contributed by atoms with van der Waals surface area (Å²) < 4.78 is 1.50. The molecule has 50 heavy (non-hydrogen) atoms. The van der Waals surface area contributed by atoms with E-state index >= 15 is 0 Å². The molecule has 8 heteroatoms. The third-order valence-corrected chi connectivity index (χ3v) is 11.3. The van der Waals surface area contributed by atoms with Crippen LogP contribution in [0.25, 0.3) is 0 Å². The van der Waals surface area contributed by atoms with Gasteiger partial charge in [-0.25, -0.2) is 0 Å². The first kappa shape index (κ1) is 55.1. The van der Waals surface area contributed by atoms with Gasteiger partial charge in [0.05, 0.1) is 39.5 Å². The van der Waals surface area contributed by atoms with Crippen molar-refractivity contribution >= 4 is 0 Å². The Morgan fingerprint density at radius 2 is 0.420 bits per heavy atom. The number of hydrogen-bond donors (Lipinski definition) is 4. The molecule has 0 heterocycles. The average Bonchev–Trinajstić information content (AvgIpc) is 3.08. The van der Waals surface area contributed by atoms with E-state index in [1.165, 1.54) is 167 Å². The summed E-state index contributed by atoms with van der Waals surface area (Å²) in [6.45, 7) is 11.6. The summed E-state index contributed by atoms with van der Waals surface area (Å²) in [5.41, 5.74) is 0. The molecule has 0 atom stereocenters. The predicted octanol–water partition coefficient (Wildman–Crippen LogP) is 3.56. The zero-order valence-electron chi connectivity index (χ0n) is 33.7. The van der Waals surface area contributed by atoms with E-state index < -0.39 is 0 Å². The third-order valence-electron chi connectivity index (χ3n) is 11.3. The van der Waals surface area contributed by atoms with Crippen molar-refractivity contribution in [1.82, 2.24) is 0 Å². The monoisotopic (exact) mass is 845 g/mol. The molecule has 0 aromatic carbocycles. The number of hydrogen-bond acceptors (Lipinski definition) is 4. The van der Waals surface area contributed by atoms with Gasteiger partial charge in [0.25, 0.3) is 0 Å². The number of halogens is 2. The highest BCUT2D eigenvalue weighted by atomic mass is 79.9. The van der Waals surface area contributed by atoms with Gasteiger partial charge in [0.2, 0.25) is 0 Å². The van der Waals surface area contributed by atoms with Crippen LogP contribution in [0.3, 0.4) is 0 Å². The summed E-state index contributed by atoms with van der Waals surface area (Å²) in [4.78, 5) is 0. The normalized spacial score (nSPS) is 11.9. The van der Waals surface area contributed by atoms with E-state index in [0.717, 1.165) is 48.0 Å². The fourth-order valence-corrected chi connectivity index (χ4v) is 7.90. The highest BCUT2D eigenvalue weighted by Crippen LogP contribution is 2.19. The van der Waals surface area contributed by atoms with E-state index in [1.807, 2.05) is 0 Å². The van der Waals surface area contributed by atoms with Crippen LogP contribution in [0.15, 0.2) is 0 Å². The molecule has 0 aliphatic heterocycles. The number of rotatable bonds is 41. The Bertz CT molecular complexity index is 569. The maximum atomic E-state index is 10.0. The zero-order chi connectivity index (χ0) is 35.3. The Morgan fingerprint density at radius 3 is 0.600 bits per heavy atom. The molecule has 0 fully saturated rings. The second kappa shape index (κ2) is 42.5. The fraction of sp³-hybridized carbons (Fsp3) is 1.00. The molecule has 0 aromatic heterocycles. The fourth-order valence-electron chi connectivity index (χ4n) is 7.90. The van der Waals surface area contributed by atoms with Gasteiger partial charge in [0.15, 0.2) is 0 Å². The summed E-state index contributed by atoms with van der Waals surface area (Å²) in [6.07, 6.45) is 37.7. The molecule has 0 spiro atoms. The first-order valence-electron chi connectivity index (χ1n) is 21.7. The lowest BCUT2D eigenvalue weighted by Gasteiger charge is -2.43. The molecular formula is C42H90Br2N2O4.